The molecule has 8 heavy (non-hydrogen) atoms. The molecule has 0 aliphatic carbocycles. The van der Waals surface area contributed by atoms with E-state index in [0.29, 0.717) is 6.54 Å². The van der Waals surface area contributed by atoms with Gasteiger partial charge in [-0.05, 0) is 13.8 Å². The highest BCUT2D eigenvalue weighted by atomic mass is 35.5. The minimum Gasteiger partial charge on any atom is -0.329 e. The van der Waals surface area contributed by atoms with E-state index in [4.69, 9.17) is 11.6 Å². The highest BCUT2D eigenvalue weighted by Gasteiger charge is 2.10. The van der Waals surface area contributed by atoms with Crippen LogP contribution in [-0.2, 0) is 0 Å². The third kappa shape index (κ3) is 4.33. The molecule has 0 amide bonds. The van der Waals surface area contributed by atoms with Crippen molar-refractivity contribution in [1.29, 1.82) is 0 Å². The molecule has 0 aromatic rings. The van der Waals surface area contributed by atoms with Crippen molar-refractivity contribution in [2.75, 3.05) is 6.54 Å². The Morgan fingerprint density at radius 3 is 1.88 bits per heavy atom. The molecule has 5 N–H and O–H groups in total. The van der Waals surface area contributed by atoms with Gasteiger partial charge in [0.1, 0.15) is 0 Å². The lowest BCUT2D eigenvalue weighted by Crippen LogP contribution is -2.49. The first-order chi connectivity index (χ1) is 3.12. The van der Waals surface area contributed by atoms with Crippen molar-refractivity contribution in [3.05, 3.63) is 0 Å². The van der Waals surface area contributed by atoms with E-state index in [2.05, 4.69) is 5.43 Å². The molecule has 0 radical (unpaired) electrons. The van der Waals surface area contributed by atoms with Crippen molar-refractivity contribution in [3.8, 4) is 0 Å². The Hall–Kier alpha value is 0.170. The Morgan fingerprint density at radius 1 is 1.50 bits per heavy atom. The van der Waals surface area contributed by atoms with Gasteiger partial charge in [0.05, 0.1) is 0 Å². The van der Waals surface area contributed by atoms with Crippen LogP contribution in [0, 0.1) is 0 Å². The summed E-state index contributed by atoms with van der Waals surface area (Å²) in [6, 6.07) is 0. The van der Waals surface area contributed by atoms with Crippen molar-refractivity contribution in [1.82, 2.24) is 5.43 Å². The van der Waals surface area contributed by atoms with Crippen LogP contribution in [0.25, 0.3) is 0 Å². The van der Waals surface area contributed by atoms with Crippen LogP contribution >= 0.6 is 12.4 Å². The van der Waals surface area contributed by atoms with Crippen LogP contribution in [0.2, 0.25) is 0 Å². The fourth-order valence-corrected chi connectivity index (χ4v) is 0.0589. The van der Waals surface area contributed by atoms with Gasteiger partial charge in [0.25, 0.3) is 0 Å². The third-order valence-corrected chi connectivity index (χ3v) is 0.901. The van der Waals surface area contributed by atoms with Crippen LogP contribution in [0.1, 0.15) is 13.8 Å². The first-order valence-corrected chi connectivity index (χ1v) is 2.30. The smallest absolute Gasteiger partial charge is 0.0387 e. The summed E-state index contributed by atoms with van der Waals surface area (Å²) in [5.74, 6) is 5.09. The molecule has 0 heterocycles. The molecule has 0 aliphatic rings. The highest BCUT2D eigenvalue weighted by Crippen LogP contribution is 1.92. The topological polar surface area (TPSA) is 64.1 Å². The molecule has 0 aromatic carbocycles. The second kappa shape index (κ2) is 4.09. The van der Waals surface area contributed by atoms with Gasteiger partial charge in [0, 0.05) is 12.1 Å². The summed E-state index contributed by atoms with van der Waals surface area (Å²) >= 11 is 0. The molecule has 0 spiro atoms. The van der Waals surface area contributed by atoms with Crippen molar-refractivity contribution in [3.63, 3.8) is 0 Å². The summed E-state index contributed by atoms with van der Waals surface area (Å²) in [6.45, 7) is 4.43. The third-order valence-electron chi connectivity index (χ3n) is 0.901. The Kier molecular flexibility index (Phi) is 5.64. The molecular weight excluding hydrogens is 126 g/mol. The van der Waals surface area contributed by atoms with Gasteiger partial charge in [-0.3, -0.25) is 11.3 Å². The molecule has 0 saturated heterocycles. The number of hydrogen-bond acceptors (Lipinski definition) is 3. The molecule has 0 fully saturated rings. The average molecular weight is 140 g/mol. The van der Waals surface area contributed by atoms with Gasteiger partial charge in [0.15, 0.2) is 0 Å². The molecule has 3 nitrogen and oxygen atoms in total. The van der Waals surface area contributed by atoms with E-state index in [-0.39, 0.29) is 17.9 Å². The lowest BCUT2D eigenvalue weighted by atomic mass is 10.1. The normalized spacial score (nSPS) is 10.5. The maximum atomic E-state index is 5.27. The fraction of sp³-hybridized carbons (Fsp3) is 1.00. The molecule has 0 atom stereocenters. The van der Waals surface area contributed by atoms with Gasteiger partial charge < -0.3 is 5.73 Å². The predicted octanol–water partition coefficient (Wildman–Crippen LogP) is -0.391. The molecule has 0 rings (SSSR count). The zero-order valence-electron chi connectivity index (χ0n) is 5.27. The Labute approximate surface area is 56.2 Å². The Bertz CT molecular complexity index is 49.2. The van der Waals surface area contributed by atoms with Crippen molar-refractivity contribution < 1.29 is 0 Å². The summed E-state index contributed by atoms with van der Waals surface area (Å²) < 4.78 is 0. The van der Waals surface area contributed by atoms with Gasteiger partial charge in [-0.1, -0.05) is 0 Å². The molecule has 52 valence electrons. The zero-order chi connectivity index (χ0) is 5.91. The number of nitrogens with two attached hydrogens (primary N) is 2. The summed E-state index contributed by atoms with van der Waals surface area (Å²) in [4.78, 5) is 0. The SMILES string of the molecule is CC(C)(CN)NN.Cl. The van der Waals surface area contributed by atoms with Crippen LogP contribution in [0.15, 0.2) is 0 Å². The standard InChI is InChI=1S/C4H13N3.ClH/c1-4(2,3-5)7-6;/h7H,3,5-6H2,1-2H3;1H. The summed E-state index contributed by atoms with van der Waals surface area (Å²) in [5, 5.41) is 0. The first kappa shape index (κ1) is 11.0. The molecule has 0 aliphatic heterocycles. The number of halogens is 1. The number of nitrogens with one attached hydrogen (secondary N) is 1. The van der Waals surface area contributed by atoms with Crippen molar-refractivity contribution in [2.45, 2.75) is 19.4 Å². The molecule has 0 unspecified atom stereocenters. The average Bonchev–Trinajstić information content (AvgIpc) is 1.68. The second-order valence-corrected chi connectivity index (χ2v) is 2.23. The van der Waals surface area contributed by atoms with Gasteiger partial charge in [0.2, 0.25) is 0 Å². The minimum absolute atomic E-state index is 0. The van der Waals surface area contributed by atoms with Gasteiger partial charge >= 0.3 is 0 Å². The molecule has 4 heteroatoms. The number of hydrazine groups is 1. The summed E-state index contributed by atoms with van der Waals surface area (Å²) in [6.07, 6.45) is 0. The minimum atomic E-state index is -0.111. The van der Waals surface area contributed by atoms with E-state index in [1.807, 2.05) is 13.8 Å². The largest absolute Gasteiger partial charge is 0.329 e. The van der Waals surface area contributed by atoms with Crippen molar-refractivity contribution in [2.24, 2.45) is 11.6 Å². The Balaban J connectivity index is 0. The molecular formula is C4H14ClN3. The zero-order valence-corrected chi connectivity index (χ0v) is 6.09. The van der Waals surface area contributed by atoms with Gasteiger partial charge in [-0.15, -0.1) is 12.4 Å². The Morgan fingerprint density at radius 2 is 1.88 bits per heavy atom. The van der Waals surface area contributed by atoms with E-state index in [1.54, 1.807) is 0 Å². The summed E-state index contributed by atoms with van der Waals surface area (Å²) in [5.41, 5.74) is 7.73. The summed E-state index contributed by atoms with van der Waals surface area (Å²) in [7, 11) is 0. The van der Waals surface area contributed by atoms with E-state index in [0.717, 1.165) is 0 Å². The predicted molar refractivity (Wildman–Crippen MR) is 37.7 cm³/mol. The van der Waals surface area contributed by atoms with Crippen LogP contribution in [-0.4, -0.2) is 12.1 Å². The maximum absolute atomic E-state index is 5.27. The molecule has 0 aromatic heterocycles. The first-order valence-electron chi connectivity index (χ1n) is 2.30. The van der Waals surface area contributed by atoms with Crippen LogP contribution in [0.4, 0.5) is 0 Å². The highest BCUT2D eigenvalue weighted by molar-refractivity contribution is 5.85. The molecule has 0 bridgehead atoms. The van der Waals surface area contributed by atoms with E-state index in [9.17, 15) is 0 Å². The lowest BCUT2D eigenvalue weighted by molar-refractivity contribution is 0.409. The number of hydrogen-bond donors (Lipinski definition) is 3. The maximum Gasteiger partial charge on any atom is 0.0387 e. The van der Waals surface area contributed by atoms with E-state index < -0.39 is 0 Å². The van der Waals surface area contributed by atoms with Gasteiger partial charge in [-0.25, -0.2) is 0 Å². The van der Waals surface area contributed by atoms with Crippen LogP contribution in [0.5, 0.6) is 0 Å². The molecule has 0 saturated carbocycles. The van der Waals surface area contributed by atoms with Gasteiger partial charge in [-0.2, -0.15) is 0 Å². The van der Waals surface area contributed by atoms with E-state index >= 15 is 0 Å². The second-order valence-electron chi connectivity index (χ2n) is 2.23. The lowest BCUT2D eigenvalue weighted by Gasteiger charge is -2.19. The quantitative estimate of drug-likeness (QED) is 0.361. The number of rotatable bonds is 2. The van der Waals surface area contributed by atoms with Crippen LogP contribution in [0.3, 0.4) is 0 Å². The van der Waals surface area contributed by atoms with Crippen LogP contribution < -0.4 is 17.0 Å². The van der Waals surface area contributed by atoms with E-state index in [1.165, 1.54) is 0 Å². The monoisotopic (exact) mass is 139 g/mol. The van der Waals surface area contributed by atoms with Crippen molar-refractivity contribution >= 4 is 12.4 Å². The fourth-order valence-electron chi connectivity index (χ4n) is 0.0589.